The van der Waals surface area contributed by atoms with E-state index in [1.54, 1.807) is 19.2 Å². The minimum Gasteiger partial charge on any atom is -0.493 e. The van der Waals surface area contributed by atoms with Crippen LogP contribution < -0.4 is 14.8 Å². The summed E-state index contributed by atoms with van der Waals surface area (Å²) in [5, 5.41) is 4.51. The Morgan fingerprint density at radius 1 is 1.04 bits per heavy atom. The van der Waals surface area contributed by atoms with Gasteiger partial charge in [0.15, 0.2) is 11.5 Å². The predicted molar refractivity (Wildman–Crippen MR) is 120 cm³/mol. The molecule has 0 heterocycles. The van der Waals surface area contributed by atoms with Crippen LogP contribution in [0.15, 0.2) is 34.8 Å². The summed E-state index contributed by atoms with van der Waals surface area (Å²) in [6.07, 6.45) is 3.67. The number of rotatable bonds is 10. The first-order valence-electron chi connectivity index (χ1n) is 8.69. The van der Waals surface area contributed by atoms with Gasteiger partial charge in [-0.2, -0.15) is 0 Å². The second-order valence-electron chi connectivity index (χ2n) is 6.03. The van der Waals surface area contributed by atoms with Gasteiger partial charge in [-0.25, -0.2) is 0 Å². The van der Waals surface area contributed by atoms with E-state index in [2.05, 4.69) is 34.2 Å². The van der Waals surface area contributed by atoms with Crippen LogP contribution in [-0.4, -0.2) is 13.7 Å². The second-order valence-corrected chi connectivity index (χ2v) is 7.70. The number of unbranched alkanes of at least 4 members (excludes halogenated alkanes) is 2. The molecular weight excluding hydrogens is 472 g/mol. The molecule has 0 atom stereocenters. The van der Waals surface area contributed by atoms with Gasteiger partial charge in [0.25, 0.3) is 0 Å². The van der Waals surface area contributed by atoms with E-state index in [0.29, 0.717) is 28.2 Å². The fourth-order valence-electron chi connectivity index (χ4n) is 2.53. The van der Waals surface area contributed by atoms with Crippen LogP contribution in [0.5, 0.6) is 11.5 Å². The van der Waals surface area contributed by atoms with Crippen molar-refractivity contribution in [1.29, 1.82) is 0 Å². The molecule has 0 aliphatic rings. The van der Waals surface area contributed by atoms with E-state index in [4.69, 9.17) is 32.7 Å². The Labute approximate surface area is 186 Å². The van der Waals surface area contributed by atoms with Gasteiger partial charge in [-0.15, -0.1) is 12.4 Å². The maximum Gasteiger partial charge on any atom is 0.175 e. The minimum atomic E-state index is 0. The number of halogens is 4. The van der Waals surface area contributed by atoms with Gasteiger partial charge in [0, 0.05) is 6.54 Å². The van der Waals surface area contributed by atoms with Gasteiger partial charge in [-0.1, -0.05) is 49.0 Å². The largest absolute Gasteiger partial charge is 0.493 e. The highest BCUT2D eigenvalue weighted by Gasteiger charge is 2.12. The maximum atomic E-state index is 6.06. The summed E-state index contributed by atoms with van der Waals surface area (Å²) in [6.45, 7) is 4.40. The molecule has 0 saturated carbocycles. The lowest BCUT2D eigenvalue weighted by molar-refractivity contribution is 0.282. The Morgan fingerprint density at radius 2 is 1.81 bits per heavy atom. The third-order valence-corrected chi connectivity index (χ3v) is 5.27. The SMILES string of the molecule is CCCCCNCc1cc(Br)c(OCc2ccc(Cl)c(Cl)c2)c(OC)c1.Cl. The molecule has 0 spiro atoms. The van der Waals surface area contributed by atoms with Crippen molar-refractivity contribution >= 4 is 51.5 Å². The molecule has 0 aliphatic heterocycles. The molecule has 0 radical (unpaired) electrons. The molecule has 0 bridgehead atoms. The fourth-order valence-corrected chi connectivity index (χ4v) is 3.46. The van der Waals surface area contributed by atoms with Gasteiger partial charge in [0.1, 0.15) is 6.61 Å². The van der Waals surface area contributed by atoms with E-state index >= 15 is 0 Å². The van der Waals surface area contributed by atoms with Crippen molar-refractivity contribution in [3.05, 3.63) is 56.0 Å². The van der Waals surface area contributed by atoms with E-state index < -0.39 is 0 Å². The summed E-state index contributed by atoms with van der Waals surface area (Å²) in [5.74, 6) is 1.37. The zero-order valence-corrected chi connectivity index (χ0v) is 19.4. The molecule has 0 aliphatic carbocycles. The second kappa shape index (κ2) is 12.7. The normalized spacial score (nSPS) is 10.4. The highest BCUT2D eigenvalue weighted by atomic mass is 79.9. The molecule has 150 valence electrons. The molecule has 0 aromatic heterocycles. The lowest BCUT2D eigenvalue weighted by atomic mass is 10.2. The highest BCUT2D eigenvalue weighted by molar-refractivity contribution is 9.10. The number of nitrogens with one attached hydrogen (secondary N) is 1. The van der Waals surface area contributed by atoms with Crippen LogP contribution in [-0.2, 0) is 13.2 Å². The van der Waals surface area contributed by atoms with Gasteiger partial charge in [0.2, 0.25) is 0 Å². The van der Waals surface area contributed by atoms with E-state index in [0.717, 1.165) is 28.7 Å². The molecule has 7 heteroatoms. The Kier molecular flexibility index (Phi) is 11.5. The molecule has 0 unspecified atom stereocenters. The van der Waals surface area contributed by atoms with E-state index in [1.165, 1.54) is 19.3 Å². The molecule has 0 fully saturated rings. The van der Waals surface area contributed by atoms with Crippen molar-refractivity contribution in [1.82, 2.24) is 5.32 Å². The first-order valence-corrected chi connectivity index (χ1v) is 10.2. The molecule has 0 saturated heterocycles. The van der Waals surface area contributed by atoms with Crippen molar-refractivity contribution in [2.45, 2.75) is 39.3 Å². The van der Waals surface area contributed by atoms with Gasteiger partial charge in [0.05, 0.1) is 21.6 Å². The molecule has 27 heavy (non-hydrogen) atoms. The maximum absolute atomic E-state index is 6.06. The molecular formula is C20H25BrCl3NO2. The highest BCUT2D eigenvalue weighted by Crippen LogP contribution is 2.37. The standard InChI is InChI=1S/C20H24BrCl2NO2.ClH/c1-3-4-5-8-24-12-15-9-16(21)20(19(11-15)25-2)26-13-14-6-7-17(22)18(23)10-14;/h6-7,9-11,24H,3-5,8,12-13H2,1-2H3;1H. The van der Waals surface area contributed by atoms with Crippen LogP contribution in [0.4, 0.5) is 0 Å². The molecule has 1 N–H and O–H groups in total. The monoisotopic (exact) mass is 495 g/mol. The Morgan fingerprint density at radius 3 is 2.48 bits per heavy atom. The van der Waals surface area contributed by atoms with E-state index in [9.17, 15) is 0 Å². The van der Waals surface area contributed by atoms with Crippen molar-refractivity contribution in [2.24, 2.45) is 0 Å². The quantitative estimate of drug-likeness (QED) is 0.357. The summed E-state index contributed by atoms with van der Waals surface area (Å²) in [6, 6.07) is 9.52. The number of benzene rings is 2. The third-order valence-electron chi connectivity index (χ3n) is 3.94. The molecule has 2 rings (SSSR count). The Hall–Kier alpha value is -0.650. The van der Waals surface area contributed by atoms with Crippen LogP contribution in [0, 0.1) is 0 Å². The van der Waals surface area contributed by atoms with Crippen LogP contribution in [0.2, 0.25) is 10.0 Å². The smallest absolute Gasteiger partial charge is 0.175 e. The van der Waals surface area contributed by atoms with Gasteiger partial charge < -0.3 is 14.8 Å². The van der Waals surface area contributed by atoms with Gasteiger partial charge in [-0.3, -0.25) is 0 Å². The number of hydrogen-bond donors (Lipinski definition) is 1. The van der Waals surface area contributed by atoms with Crippen LogP contribution in [0.3, 0.4) is 0 Å². The lowest BCUT2D eigenvalue weighted by Gasteiger charge is -2.15. The summed E-state index contributed by atoms with van der Waals surface area (Å²) in [5.41, 5.74) is 2.09. The fraction of sp³-hybridized carbons (Fsp3) is 0.400. The zero-order valence-electron chi connectivity index (χ0n) is 15.5. The van der Waals surface area contributed by atoms with Crippen molar-refractivity contribution < 1.29 is 9.47 Å². The van der Waals surface area contributed by atoms with Crippen molar-refractivity contribution in [3.63, 3.8) is 0 Å². The van der Waals surface area contributed by atoms with Crippen LogP contribution in [0.1, 0.15) is 37.3 Å². The summed E-state index contributed by atoms with van der Waals surface area (Å²) in [4.78, 5) is 0. The van der Waals surface area contributed by atoms with Gasteiger partial charge >= 0.3 is 0 Å². The topological polar surface area (TPSA) is 30.5 Å². The minimum absolute atomic E-state index is 0. The lowest BCUT2D eigenvalue weighted by Crippen LogP contribution is -2.14. The molecule has 2 aromatic rings. The van der Waals surface area contributed by atoms with Crippen molar-refractivity contribution in [2.75, 3.05) is 13.7 Å². The first-order chi connectivity index (χ1) is 12.5. The average Bonchev–Trinajstić information content (AvgIpc) is 2.63. The van der Waals surface area contributed by atoms with Crippen LogP contribution in [0.25, 0.3) is 0 Å². The summed E-state index contributed by atoms with van der Waals surface area (Å²) in [7, 11) is 1.65. The number of hydrogen-bond acceptors (Lipinski definition) is 3. The Bertz CT molecular complexity index is 729. The first kappa shape index (κ1) is 24.4. The molecule has 2 aromatic carbocycles. The van der Waals surface area contributed by atoms with E-state index in [-0.39, 0.29) is 12.4 Å². The van der Waals surface area contributed by atoms with Gasteiger partial charge in [-0.05, 0) is 64.3 Å². The predicted octanol–water partition coefficient (Wildman–Crippen LogP) is 7.05. The summed E-state index contributed by atoms with van der Waals surface area (Å²) < 4.78 is 12.3. The number of methoxy groups -OCH3 is 1. The number of ether oxygens (including phenoxy) is 2. The Balaban J connectivity index is 0.00000364. The van der Waals surface area contributed by atoms with Crippen LogP contribution >= 0.6 is 51.5 Å². The molecule has 3 nitrogen and oxygen atoms in total. The van der Waals surface area contributed by atoms with Crippen molar-refractivity contribution in [3.8, 4) is 11.5 Å². The summed E-state index contributed by atoms with van der Waals surface area (Å²) >= 11 is 15.6. The zero-order chi connectivity index (χ0) is 18.9. The van der Waals surface area contributed by atoms with E-state index in [1.807, 2.05) is 12.1 Å². The average molecular weight is 498 g/mol. The third kappa shape index (κ3) is 7.71. The molecule has 0 amide bonds.